The Labute approximate surface area is 162 Å². The zero-order chi connectivity index (χ0) is 19.9. The van der Waals surface area contributed by atoms with E-state index in [1.165, 1.54) is 49.2 Å². The third kappa shape index (κ3) is 7.94. The molecule has 0 unspecified atom stereocenters. The first-order valence-electron chi connectivity index (χ1n) is 10.3. The average molecular weight is 410 g/mol. The SMILES string of the molecule is CCCN([Si](CC)(CC)CC)[Si](CC)(CC)CC.CO[SiH](OC)OC. The molecule has 0 aromatic carbocycles. The molecule has 0 radical (unpaired) electrons. The molecule has 154 valence electrons. The first-order chi connectivity index (χ1) is 11.9. The predicted octanol–water partition coefficient (Wildman–Crippen LogP) is 5.35. The third-order valence-electron chi connectivity index (χ3n) is 6.12. The summed E-state index contributed by atoms with van der Waals surface area (Å²) in [7, 11) is 0.706. The van der Waals surface area contributed by atoms with E-state index in [9.17, 15) is 0 Å². The lowest BCUT2D eigenvalue weighted by Crippen LogP contribution is -2.65. The Morgan fingerprint density at radius 2 is 0.880 bits per heavy atom. The van der Waals surface area contributed by atoms with E-state index in [0.717, 1.165) is 0 Å². The van der Waals surface area contributed by atoms with Crippen molar-refractivity contribution in [3.63, 3.8) is 0 Å². The van der Waals surface area contributed by atoms with Gasteiger partial charge in [0.1, 0.15) is 16.5 Å². The Hall–Kier alpha value is 0.491. The van der Waals surface area contributed by atoms with Crippen molar-refractivity contribution >= 4 is 26.0 Å². The van der Waals surface area contributed by atoms with Crippen LogP contribution in [0.3, 0.4) is 0 Å². The molecule has 0 saturated carbocycles. The van der Waals surface area contributed by atoms with Crippen molar-refractivity contribution in [2.24, 2.45) is 0 Å². The average Bonchev–Trinajstić information content (AvgIpc) is 2.67. The van der Waals surface area contributed by atoms with Gasteiger partial charge in [-0.1, -0.05) is 48.5 Å². The second-order valence-electron chi connectivity index (χ2n) is 6.72. The second-order valence-corrected chi connectivity index (χ2v) is 19.4. The van der Waals surface area contributed by atoms with Crippen LogP contribution in [0.25, 0.3) is 0 Å². The lowest BCUT2D eigenvalue weighted by molar-refractivity contribution is 0.163. The number of rotatable bonds is 13. The molecule has 0 bridgehead atoms. The predicted molar refractivity (Wildman–Crippen MR) is 120 cm³/mol. The van der Waals surface area contributed by atoms with E-state index in [1.807, 2.05) is 0 Å². The molecule has 0 fully saturated rings. The lowest BCUT2D eigenvalue weighted by Gasteiger charge is -2.52. The molecule has 25 heavy (non-hydrogen) atoms. The first kappa shape index (κ1) is 27.7. The molecule has 0 aliphatic heterocycles. The summed E-state index contributed by atoms with van der Waals surface area (Å²) in [6.07, 6.45) is 1.34. The minimum absolute atomic E-state index is 1.17. The van der Waals surface area contributed by atoms with Gasteiger partial charge < -0.3 is 17.5 Å². The quantitative estimate of drug-likeness (QED) is 0.384. The van der Waals surface area contributed by atoms with Gasteiger partial charge in [0.15, 0.2) is 0 Å². The van der Waals surface area contributed by atoms with Crippen LogP contribution in [0, 0.1) is 0 Å². The molecule has 0 heterocycles. The summed E-state index contributed by atoms with van der Waals surface area (Å²) >= 11 is 0. The van der Waals surface area contributed by atoms with E-state index in [-0.39, 0.29) is 0 Å². The van der Waals surface area contributed by atoms with Gasteiger partial charge in [-0.3, -0.25) is 0 Å². The highest BCUT2D eigenvalue weighted by molar-refractivity contribution is 6.92. The standard InChI is InChI=1S/C15H37NSi2.C3H10O3Si/c1-8-15-16(17(9-2,10-3)11-4)18(12-5,13-6)14-7;1-4-7(5-2)6-3/h8-15H2,1-7H3;7H,1-3H3. The lowest BCUT2D eigenvalue weighted by atomic mass is 10.5. The maximum Gasteiger partial charge on any atom is 0.483 e. The smallest absolute Gasteiger partial charge is 0.379 e. The highest BCUT2D eigenvalue weighted by Crippen LogP contribution is 2.35. The van der Waals surface area contributed by atoms with E-state index in [1.54, 1.807) is 21.3 Å². The van der Waals surface area contributed by atoms with Gasteiger partial charge in [-0.25, -0.2) is 0 Å². The number of hydrogen-bond donors (Lipinski definition) is 0. The molecule has 0 aliphatic rings. The Bertz CT molecular complexity index is 255. The fourth-order valence-corrected chi connectivity index (χ4v) is 18.3. The molecule has 0 aliphatic carbocycles. The van der Waals surface area contributed by atoms with Crippen LogP contribution in [0.15, 0.2) is 0 Å². The first-order valence-corrected chi connectivity index (χ1v) is 16.8. The van der Waals surface area contributed by atoms with Crippen LogP contribution in [0.1, 0.15) is 54.9 Å². The van der Waals surface area contributed by atoms with Gasteiger partial charge in [0, 0.05) is 21.3 Å². The van der Waals surface area contributed by atoms with Gasteiger partial charge in [0.2, 0.25) is 0 Å². The maximum absolute atomic E-state index is 4.74. The van der Waals surface area contributed by atoms with Crippen molar-refractivity contribution in [2.45, 2.75) is 91.2 Å². The van der Waals surface area contributed by atoms with Crippen LogP contribution in [0.4, 0.5) is 0 Å². The van der Waals surface area contributed by atoms with Gasteiger partial charge in [-0.05, 0) is 49.2 Å². The molecule has 4 nitrogen and oxygen atoms in total. The van der Waals surface area contributed by atoms with E-state index >= 15 is 0 Å². The summed E-state index contributed by atoms with van der Waals surface area (Å²) in [4.78, 5) is 0. The molecular weight excluding hydrogens is 362 g/mol. The van der Waals surface area contributed by atoms with Gasteiger partial charge >= 0.3 is 9.53 Å². The largest absolute Gasteiger partial charge is 0.483 e. The Kier molecular flexibility index (Phi) is 17.2. The number of nitrogens with zero attached hydrogens (tertiary/aromatic N) is 1. The van der Waals surface area contributed by atoms with E-state index in [2.05, 4.69) is 52.7 Å². The molecule has 0 aromatic rings. The summed E-state index contributed by atoms with van der Waals surface area (Å²) in [5.41, 5.74) is 0. The van der Waals surface area contributed by atoms with Crippen LogP contribution >= 0.6 is 0 Å². The van der Waals surface area contributed by atoms with Crippen molar-refractivity contribution < 1.29 is 13.3 Å². The molecule has 0 N–H and O–H groups in total. The van der Waals surface area contributed by atoms with Crippen molar-refractivity contribution in [2.75, 3.05) is 27.9 Å². The molecule has 7 heteroatoms. The summed E-state index contributed by atoms with van der Waals surface area (Å²) in [5.74, 6) is 0. The minimum Gasteiger partial charge on any atom is -0.379 e. The fraction of sp³-hybridized carbons (Fsp3) is 1.00. The Morgan fingerprint density at radius 1 is 0.600 bits per heavy atom. The zero-order valence-electron chi connectivity index (χ0n) is 18.9. The summed E-state index contributed by atoms with van der Waals surface area (Å²) in [6.45, 7) is 18.5. The third-order valence-corrected chi connectivity index (χ3v) is 20.8. The van der Waals surface area contributed by atoms with Gasteiger partial charge in [-0.2, -0.15) is 0 Å². The normalized spacial score (nSPS) is 12.5. The van der Waals surface area contributed by atoms with Crippen LogP contribution in [-0.2, 0) is 13.3 Å². The van der Waals surface area contributed by atoms with Crippen LogP contribution in [-0.4, -0.2) is 58.1 Å². The van der Waals surface area contributed by atoms with E-state index in [0.29, 0.717) is 0 Å². The monoisotopic (exact) mass is 409 g/mol. The van der Waals surface area contributed by atoms with Crippen LogP contribution in [0.2, 0.25) is 36.3 Å². The molecule has 0 atom stereocenters. The minimum atomic E-state index is -1.67. The van der Waals surface area contributed by atoms with Crippen molar-refractivity contribution in [3.05, 3.63) is 0 Å². The van der Waals surface area contributed by atoms with Gasteiger partial charge in [0.25, 0.3) is 0 Å². The summed E-state index contributed by atoms with van der Waals surface area (Å²) in [6, 6.07) is 8.72. The molecule has 0 spiro atoms. The Morgan fingerprint density at radius 3 is 1.00 bits per heavy atom. The highest BCUT2D eigenvalue weighted by Gasteiger charge is 2.45. The van der Waals surface area contributed by atoms with E-state index in [4.69, 9.17) is 13.3 Å². The van der Waals surface area contributed by atoms with Crippen molar-refractivity contribution in [1.82, 2.24) is 4.23 Å². The summed E-state index contributed by atoms with van der Waals surface area (Å²) < 4.78 is 17.4. The maximum atomic E-state index is 4.74. The zero-order valence-corrected chi connectivity index (χ0v) is 22.1. The second kappa shape index (κ2) is 15.5. The molecule has 0 rings (SSSR count). The van der Waals surface area contributed by atoms with Gasteiger partial charge in [0.05, 0.1) is 0 Å². The molecule has 0 aromatic heterocycles. The van der Waals surface area contributed by atoms with Crippen molar-refractivity contribution in [3.8, 4) is 0 Å². The van der Waals surface area contributed by atoms with Crippen LogP contribution < -0.4 is 0 Å². The Balaban J connectivity index is 0. The molecule has 0 amide bonds. The van der Waals surface area contributed by atoms with Crippen molar-refractivity contribution in [1.29, 1.82) is 0 Å². The highest BCUT2D eigenvalue weighted by atomic mass is 28.4. The fourth-order valence-electron chi connectivity index (χ4n) is 4.13. The van der Waals surface area contributed by atoms with Crippen LogP contribution in [0.5, 0.6) is 0 Å². The summed E-state index contributed by atoms with van der Waals surface area (Å²) in [5, 5.41) is 0. The topological polar surface area (TPSA) is 30.9 Å². The van der Waals surface area contributed by atoms with Gasteiger partial charge in [-0.15, -0.1) is 0 Å². The van der Waals surface area contributed by atoms with E-state index < -0.39 is 26.0 Å². The number of hydrogen-bond acceptors (Lipinski definition) is 4. The molecular formula is C18H47NO3Si3. The molecule has 0 saturated heterocycles.